The number of carbonyl (C=O) groups is 1. The molecule has 18 heavy (non-hydrogen) atoms. The number of alkyl halides is 1. The van der Waals surface area contributed by atoms with Gasteiger partial charge in [-0.15, -0.1) is 0 Å². The van der Waals surface area contributed by atoms with Crippen LogP contribution in [0.4, 0.5) is 0 Å². The van der Waals surface area contributed by atoms with Crippen LogP contribution < -0.4 is 0 Å². The second-order valence-corrected chi connectivity index (χ2v) is 7.49. The van der Waals surface area contributed by atoms with Gasteiger partial charge < -0.3 is 4.74 Å². The Morgan fingerprint density at radius 1 is 1.39 bits per heavy atom. The van der Waals surface area contributed by atoms with E-state index in [1.54, 1.807) is 6.92 Å². The predicted octanol–water partition coefficient (Wildman–Crippen LogP) is 4.02. The van der Waals surface area contributed by atoms with E-state index in [0.717, 1.165) is 6.42 Å². The lowest BCUT2D eigenvalue weighted by Gasteiger charge is -2.21. The van der Waals surface area contributed by atoms with Crippen LogP contribution in [-0.2, 0) is 19.4 Å². The van der Waals surface area contributed by atoms with Crippen molar-refractivity contribution in [3.05, 3.63) is 47.5 Å². The van der Waals surface area contributed by atoms with Gasteiger partial charge >= 0.3 is 5.97 Å². The fourth-order valence-corrected chi connectivity index (χ4v) is 2.22. The Balaban J connectivity index is 2.68. The summed E-state index contributed by atoms with van der Waals surface area (Å²) in [7, 11) is 0. The maximum absolute atomic E-state index is 11.3. The predicted molar refractivity (Wildman–Crippen MR) is 83.0 cm³/mol. The van der Waals surface area contributed by atoms with Gasteiger partial charge in [-0.3, -0.25) is 0 Å². The highest BCUT2D eigenvalue weighted by Crippen LogP contribution is 2.33. The highest BCUT2D eigenvalue weighted by Gasteiger charge is 2.19. The van der Waals surface area contributed by atoms with Gasteiger partial charge in [0.1, 0.15) is 0 Å². The van der Waals surface area contributed by atoms with Crippen LogP contribution in [0.5, 0.6) is 0 Å². The van der Waals surface area contributed by atoms with Gasteiger partial charge in [-0.1, -0.05) is 53.4 Å². The van der Waals surface area contributed by atoms with Crippen molar-refractivity contribution in [3.63, 3.8) is 0 Å². The highest BCUT2D eigenvalue weighted by atomic mass is 127. The lowest BCUT2D eigenvalue weighted by molar-refractivity contribution is -0.138. The van der Waals surface area contributed by atoms with E-state index < -0.39 is 0 Å². The van der Waals surface area contributed by atoms with Crippen LogP contribution in [0.25, 0.3) is 0 Å². The summed E-state index contributed by atoms with van der Waals surface area (Å²) in [6.07, 6.45) is 0.738. The fraction of sp³-hybridized carbons (Fsp3) is 0.400. The van der Waals surface area contributed by atoms with Crippen molar-refractivity contribution in [2.45, 2.75) is 30.6 Å². The van der Waals surface area contributed by atoms with E-state index >= 15 is 0 Å². The summed E-state index contributed by atoms with van der Waals surface area (Å²) in [6, 6.07) is 8.27. The molecule has 98 valence electrons. The highest BCUT2D eigenvalue weighted by molar-refractivity contribution is 14.1. The van der Waals surface area contributed by atoms with Crippen molar-refractivity contribution in [1.82, 2.24) is 0 Å². The molecule has 0 bridgehead atoms. The molecule has 0 amide bonds. The molecule has 1 aromatic carbocycles. The first-order valence-electron chi connectivity index (χ1n) is 5.92. The van der Waals surface area contributed by atoms with Gasteiger partial charge in [-0.05, 0) is 31.9 Å². The number of carbonyl (C=O) groups excluding carboxylic acids is 1. The fourth-order valence-electron chi connectivity index (χ4n) is 1.70. The molecule has 0 unspecified atom stereocenters. The van der Waals surface area contributed by atoms with Crippen molar-refractivity contribution in [2.75, 3.05) is 6.61 Å². The molecule has 2 nitrogen and oxygen atoms in total. The zero-order valence-electron chi connectivity index (χ0n) is 11.1. The van der Waals surface area contributed by atoms with E-state index in [1.165, 1.54) is 11.1 Å². The molecule has 0 saturated heterocycles. The zero-order valence-corrected chi connectivity index (χ0v) is 13.3. The first-order valence-corrected chi connectivity index (χ1v) is 7.00. The van der Waals surface area contributed by atoms with E-state index in [0.29, 0.717) is 12.2 Å². The van der Waals surface area contributed by atoms with Gasteiger partial charge in [-0.25, -0.2) is 4.79 Å². The molecule has 0 spiro atoms. The second kappa shape index (κ2) is 6.36. The monoisotopic (exact) mass is 358 g/mol. The molecule has 0 aliphatic heterocycles. The quantitative estimate of drug-likeness (QED) is 0.344. The third kappa shape index (κ3) is 4.44. The molecule has 0 heterocycles. The number of hydrogen-bond acceptors (Lipinski definition) is 2. The van der Waals surface area contributed by atoms with Gasteiger partial charge in [0.05, 0.1) is 6.61 Å². The van der Waals surface area contributed by atoms with Gasteiger partial charge in [0, 0.05) is 15.4 Å². The molecule has 0 radical (unpaired) electrons. The van der Waals surface area contributed by atoms with E-state index in [-0.39, 0.29) is 9.39 Å². The minimum absolute atomic E-state index is 0.0761. The Labute approximate surface area is 123 Å². The minimum Gasteiger partial charge on any atom is -0.462 e. The summed E-state index contributed by atoms with van der Waals surface area (Å²) < 4.78 is 5.21. The van der Waals surface area contributed by atoms with Crippen molar-refractivity contribution >= 4 is 28.6 Å². The number of halogens is 1. The topological polar surface area (TPSA) is 26.3 Å². The first-order chi connectivity index (χ1) is 8.32. The number of benzene rings is 1. The lowest BCUT2D eigenvalue weighted by Crippen LogP contribution is -2.13. The van der Waals surface area contributed by atoms with Gasteiger partial charge in [0.2, 0.25) is 0 Å². The lowest BCUT2D eigenvalue weighted by atomic mass is 9.95. The zero-order chi connectivity index (χ0) is 13.8. The average Bonchev–Trinajstić information content (AvgIpc) is 2.28. The van der Waals surface area contributed by atoms with Gasteiger partial charge in [-0.2, -0.15) is 0 Å². The molecule has 3 heteroatoms. The molecular formula is C15H19IO2. The Kier molecular flexibility index (Phi) is 5.38. The van der Waals surface area contributed by atoms with Crippen molar-refractivity contribution in [3.8, 4) is 0 Å². The molecule has 0 aliphatic rings. The normalized spacial score (nSPS) is 11.1. The summed E-state index contributed by atoms with van der Waals surface area (Å²) in [5.41, 5.74) is 2.96. The van der Waals surface area contributed by atoms with E-state index in [1.807, 2.05) is 12.1 Å². The molecule has 0 aromatic heterocycles. The number of esters is 1. The summed E-state index contributed by atoms with van der Waals surface area (Å²) in [5, 5.41) is 0. The summed E-state index contributed by atoms with van der Waals surface area (Å²) >= 11 is 2.42. The van der Waals surface area contributed by atoms with Crippen LogP contribution in [0.1, 0.15) is 31.9 Å². The Bertz CT molecular complexity index is 444. The number of rotatable bonds is 5. The van der Waals surface area contributed by atoms with Crippen LogP contribution in [0, 0.1) is 0 Å². The molecule has 0 saturated carbocycles. The van der Waals surface area contributed by atoms with Crippen LogP contribution in [0.15, 0.2) is 36.4 Å². The summed E-state index contributed by atoms with van der Waals surface area (Å²) in [5.74, 6) is -0.318. The van der Waals surface area contributed by atoms with Crippen molar-refractivity contribution in [1.29, 1.82) is 0 Å². The molecule has 0 fully saturated rings. The van der Waals surface area contributed by atoms with Crippen LogP contribution in [0.3, 0.4) is 0 Å². The maximum atomic E-state index is 11.3. The van der Waals surface area contributed by atoms with Crippen LogP contribution in [0.2, 0.25) is 0 Å². The third-order valence-electron chi connectivity index (χ3n) is 2.61. The van der Waals surface area contributed by atoms with Crippen LogP contribution >= 0.6 is 22.6 Å². The van der Waals surface area contributed by atoms with E-state index in [4.69, 9.17) is 4.74 Å². The molecule has 0 N–H and O–H groups in total. The van der Waals surface area contributed by atoms with Gasteiger partial charge in [0.25, 0.3) is 0 Å². The van der Waals surface area contributed by atoms with Gasteiger partial charge in [0.15, 0.2) is 0 Å². The van der Waals surface area contributed by atoms with Crippen LogP contribution in [-0.4, -0.2) is 12.6 Å². The first kappa shape index (κ1) is 15.2. The number of hydrogen-bond donors (Lipinski definition) is 0. The smallest absolute Gasteiger partial charge is 0.333 e. The summed E-state index contributed by atoms with van der Waals surface area (Å²) in [6.45, 7) is 9.96. The molecule has 1 rings (SSSR count). The Hall–Kier alpha value is -0.840. The SMILES string of the molecule is C=C(C)C(=O)OCCc1ccccc1C(C)(C)I. The Morgan fingerprint density at radius 3 is 2.56 bits per heavy atom. The largest absolute Gasteiger partial charge is 0.462 e. The average molecular weight is 358 g/mol. The molecular weight excluding hydrogens is 339 g/mol. The summed E-state index contributed by atoms with van der Waals surface area (Å²) in [4.78, 5) is 11.3. The third-order valence-corrected chi connectivity index (χ3v) is 3.19. The molecule has 0 atom stereocenters. The second-order valence-electron chi connectivity index (χ2n) is 4.80. The maximum Gasteiger partial charge on any atom is 0.333 e. The molecule has 1 aromatic rings. The number of ether oxygens (including phenoxy) is 1. The Morgan fingerprint density at radius 2 is 2.00 bits per heavy atom. The molecule has 0 aliphatic carbocycles. The standard InChI is InChI=1S/C15H19IO2/c1-11(2)14(17)18-10-9-12-7-5-6-8-13(12)15(3,4)16/h5-8H,1,9-10H2,2-4H3. The minimum atomic E-state index is -0.318. The van der Waals surface area contributed by atoms with Crippen molar-refractivity contribution < 1.29 is 9.53 Å². The van der Waals surface area contributed by atoms with Crippen molar-refractivity contribution in [2.24, 2.45) is 0 Å². The van der Waals surface area contributed by atoms with E-state index in [2.05, 4.69) is 55.2 Å². The van der Waals surface area contributed by atoms with E-state index in [9.17, 15) is 4.79 Å².